The summed E-state index contributed by atoms with van der Waals surface area (Å²) in [5, 5.41) is 2.92. The van der Waals surface area contributed by atoms with Crippen LogP contribution in [0.2, 0.25) is 0 Å². The molecule has 3 nitrogen and oxygen atoms in total. The van der Waals surface area contributed by atoms with Crippen molar-refractivity contribution in [3.05, 3.63) is 23.9 Å². The van der Waals surface area contributed by atoms with E-state index >= 15 is 0 Å². The monoisotopic (exact) mass is 152 g/mol. The molecule has 0 aromatic rings. The number of dihydropyridines is 1. The molecule has 0 aromatic heterocycles. The predicted molar refractivity (Wildman–Crippen MR) is 43.6 cm³/mol. The minimum Gasteiger partial charge on any atom is -0.374 e. The lowest BCUT2D eigenvalue weighted by molar-refractivity contribution is -0.121. The van der Waals surface area contributed by atoms with E-state index in [1.807, 2.05) is 13.0 Å². The van der Waals surface area contributed by atoms with E-state index in [-0.39, 0.29) is 5.91 Å². The summed E-state index contributed by atoms with van der Waals surface area (Å²) in [7, 11) is 0. The lowest BCUT2D eigenvalue weighted by Gasteiger charge is -2.25. The fourth-order valence-corrected chi connectivity index (χ4v) is 0.811. The normalized spacial score (nSPS) is 29.1. The van der Waals surface area contributed by atoms with Gasteiger partial charge in [-0.1, -0.05) is 6.08 Å². The summed E-state index contributed by atoms with van der Waals surface area (Å²) in [6.07, 6.45) is 5.43. The fraction of sp³-hybridized carbons (Fsp3) is 0.375. The number of nitrogens with one attached hydrogen (secondary N) is 1. The largest absolute Gasteiger partial charge is 0.374 e. The molecule has 1 amide bonds. The van der Waals surface area contributed by atoms with Gasteiger partial charge in [-0.15, -0.1) is 0 Å². The van der Waals surface area contributed by atoms with Crippen LogP contribution in [0, 0.1) is 0 Å². The Bertz CT molecular complexity index is 242. The molecule has 1 aliphatic rings. The molecule has 0 bridgehead atoms. The Labute approximate surface area is 66.0 Å². The van der Waals surface area contributed by atoms with E-state index in [1.54, 1.807) is 19.2 Å². The van der Waals surface area contributed by atoms with Gasteiger partial charge >= 0.3 is 0 Å². The van der Waals surface area contributed by atoms with Crippen molar-refractivity contribution in [3.63, 3.8) is 0 Å². The molecular weight excluding hydrogens is 140 g/mol. The van der Waals surface area contributed by atoms with Gasteiger partial charge in [0, 0.05) is 6.20 Å². The molecule has 0 saturated heterocycles. The maximum atomic E-state index is 10.9. The molecule has 3 heteroatoms. The first-order valence-corrected chi connectivity index (χ1v) is 3.48. The molecule has 0 saturated carbocycles. The Morgan fingerprint density at radius 3 is 2.73 bits per heavy atom. The van der Waals surface area contributed by atoms with Gasteiger partial charge in [-0.3, -0.25) is 4.79 Å². The van der Waals surface area contributed by atoms with Crippen LogP contribution in [0.1, 0.15) is 13.8 Å². The van der Waals surface area contributed by atoms with Gasteiger partial charge in [-0.05, 0) is 25.5 Å². The quantitative estimate of drug-likeness (QED) is 0.567. The van der Waals surface area contributed by atoms with Crippen LogP contribution in [-0.4, -0.2) is 11.4 Å². The van der Waals surface area contributed by atoms with Gasteiger partial charge in [-0.25, -0.2) is 0 Å². The zero-order chi connectivity index (χ0) is 8.48. The Morgan fingerprint density at radius 1 is 1.73 bits per heavy atom. The molecule has 60 valence electrons. The zero-order valence-corrected chi connectivity index (χ0v) is 6.72. The minimum atomic E-state index is -0.709. The number of hydrogen-bond acceptors (Lipinski definition) is 2. The van der Waals surface area contributed by atoms with Crippen LogP contribution in [0.3, 0.4) is 0 Å². The zero-order valence-electron chi connectivity index (χ0n) is 6.72. The fourth-order valence-electron chi connectivity index (χ4n) is 0.811. The third-order valence-electron chi connectivity index (χ3n) is 1.79. The van der Waals surface area contributed by atoms with Crippen molar-refractivity contribution in [3.8, 4) is 0 Å². The van der Waals surface area contributed by atoms with E-state index in [0.717, 1.165) is 5.57 Å². The van der Waals surface area contributed by atoms with Crippen molar-refractivity contribution < 1.29 is 4.79 Å². The smallest absolute Gasteiger partial charge is 0.246 e. The third-order valence-corrected chi connectivity index (χ3v) is 1.79. The molecule has 1 aliphatic heterocycles. The van der Waals surface area contributed by atoms with Crippen LogP contribution in [0.25, 0.3) is 0 Å². The number of amides is 1. The second-order valence-corrected chi connectivity index (χ2v) is 2.93. The molecule has 1 heterocycles. The van der Waals surface area contributed by atoms with Gasteiger partial charge in [-0.2, -0.15) is 0 Å². The van der Waals surface area contributed by atoms with E-state index in [1.165, 1.54) is 0 Å². The summed E-state index contributed by atoms with van der Waals surface area (Å²) in [5.74, 6) is -0.363. The van der Waals surface area contributed by atoms with Crippen LogP contribution in [0.4, 0.5) is 0 Å². The summed E-state index contributed by atoms with van der Waals surface area (Å²) in [4.78, 5) is 10.9. The summed E-state index contributed by atoms with van der Waals surface area (Å²) < 4.78 is 0. The van der Waals surface area contributed by atoms with E-state index in [4.69, 9.17) is 5.73 Å². The van der Waals surface area contributed by atoms with Crippen molar-refractivity contribution in [1.29, 1.82) is 0 Å². The summed E-state index contributed by atoms with van der Waals surface area (Å²) in [5.41, 5.74) is 5.54. The van der Waals surface area contributed by atoms with Crippen molar-refractivity contribution in [1.82, 2.24) is 5.32 Å². The molecule has 0 radical (unpaired) electrons. The maximum absolute atomic E-state index is 10.9. The highest BCUT2D eigenvalue weighted by atomic mass is 16.1. The molecular formula is C8H12N2O. The first-order chi connectivity index (χ1) is 5.04. The Hall–Kier alpha value is -1.25. The lowest BCUT2D eigenvalue weighted by Crippen LogP contribution is -2.50. The van der Waals surface area contributed by atoms with Crippen molar-refractivity contribution >= 4 is 5.91 Å². The van der Waals surface area contributed by atoms with E-state index in [2.05, 4.69) is 5.32 Å². The highest BCUT2D eigenvalue weighted by molar-refractivity contribution is 5.87. The average molecular weight is 152 g/mol. The van der Waals surface area contributed by atoms with Crippen molar-refractivity contribution in [2.75, 3.05) is 0 Å². The highest BCUT2D eigenvalue weighted by Gasteiger charge is 2.27. The SMILES string of the molecule is CC1=CN[C@](C)(C(N)=O)C=C1. The van der Waals surface area contributed by atoms with Crippen LogP contribution >= 0.6 is 0 Å². The van der Waals surface area contributed by atoms with Gasteiger partial charge in [0.1, 0.15) is 5.54 Å². The summed E-state index contributed by atoms with van der Waals surface area (Å²) in [6.45, 7) is 3.69. The number of nitrogens with two attached hydrogens (primary N) is 1. The van der Waals surface area contributed by atoms with Gasteiger partial charge in [0.25, 0.3) is 0 Å². The Kier molecular flexibility index (Phi) is 1.72. The molecule has 0 spiro atoms. The van der Waals surface area contributed by atoms with Crippen LogP contribution in [-0.2, 0) is 4.79 Å². The Balaban J connectivity index is 2.82. The molecule has 1 rings (SSSR count). The van der Waals surface area contributed by atoms with Crippen LogP contribution < -0.4 is 11.1 Å². The number of carbonyl (C=O) groups excluding carboxylic acids is 1. The number of hydrogen-bond donors (Lipinski definition) is 2. The second kappa shape index (κ2) is 2.42. The van der Waals surface area contributed by atoms with Gasteiger partial charge in [0.2, 0.25) is 5.91 Å². The molecule has 0 aromatic carbocycles. The first kappa shape index (κ1) is 7.85. The molecule has 0 aliphatic carbocycles. The van der Waals surface area contributed by atoms with E-state index < -0.39 is 5.54 Å². The first-order valence-electron chi connectivity index (χ1n) is 3.48. The number of rotatable bonds is 1. The van der Waals surface area contributed by atoms with Crippen molar-refractivity contribution in [2.45, 2.75) is 19.4 Å². The van der Waals surface area contributed by atoms with Gasteiger partial charge in [0.15, 0.2) is 0 Å². The predicted octanol–water partition coefficient (Wildman–Crippen LogP) is 0.294. The van der Waals surface area contributed by atoms with Gasteiger partial charge < -0.3 is 11.1 Å². The minimum absolute atomic E-state index is 0.363. The van der Waals surface area contributed by atoms with E-state index in [9.17, 15) is 4.79 Å². The summed E-state index contributed by atoms with van der Waals surface area (Å²) >= 11 is 0. The summed E-state index contributed by atoms with van der Waals surface area (Å²) in [6, 6.07) is 0. The topological polar surface area (TPSA) is 55.1 Å². The lowest BCUT2D eigenvalue weighted by atomic mass is 9.97. The van der Waals surface area contributed by atoms with Crippen molar-refractivity contribution in [2.24, 2.45) is 5.73 Å². The number of allylic oxidation sites excluding steroid dienone is 2. The third kappa shape index (κ3) is 1.42. The number of primary amides is 1. The number of carbonyl (C=O) groups is 1. The molecule has 0 fully saturated rings. The molecule has 3 N–H and O–H groups in total. The Morgan fingerprint density at radius 2 is 2.36 bits per heavy atom. The van der Waals surface area contributed by atoms with E-state index in [0.29, 0.717) is 0 Å². The van der Waals surface area contributed by atoms with Gasteiger partial charge in [0.05, 0.1) is 0 Å². The van der Waals surface area contributed by atoms with Crippen LogP contribution in [0.15, 0.2) is 23.9 Å². The molecule has 0 unspecified atom stereocenters. The maximum Gasteiger partial charge on any atom is 0.246 e. The highest BCUT2D eigenvalue weighted by Crippen LogP contribution is 2.12. The average Bonchev–Trinajstić information content (AvgIpc) is 1.95. The second-order valence-electron chi connectivity index (χ2n) is 2.93. The molecule has 1 atom stereocenters. The molecule has 11 heavy (non-hydrogen) atoms. The van der Waals surface area contributed by atoms with Crippen LogP contribution in [0.5, 0.6) is 0 Å². The standard InChI is InChI=1S/C8H12N2O/c1-6-3-4-8(2,7(9)11)10-5-6/h3-5,10H,1-2H3,(H2,9,11)/t8-/m0/s1.